The van der Waals surface area contributed by atoms with Crippen LogP contribution in [0.4, 0.5) is 4.39 Å². The Morgan fingerprint density at radius 1 is 1.27 bits per heavy atom. The molecule has 3 heteroatoms. The zero-order chi connectivity index (χ0) is 11.1. The van der Waals surface area contributed by atoms with E-state index >= 15 is 0 Å². The number of nitrogens with one attached hydrogen (secondary N) is 1. The molecule has 1 rings (SSSR count). The van der Waals surface area contributed by atoms with Crippen LogP contribution in [0.3, 0.4) is 0 Å². The van der Waals surface area contributed by atoms with Gasteiger partial charge in [0, 0.05) is 17.2 Å². The van der Waals surface area contributed by atoms with Gasteiger partial charge in [0.15, 0.2) is 0 Å². The minimum atomic E-state index is -0.169. The second-order valence-electron chi connectivity index (χ2n) is 3.90. The zero-order valence-corrected chi connectivity index (χ0v) is 10.1. The summed E-state index contributed by atoms with van der Waals surface area (Å²) in [7, 11) is 0. The average Bonchev–Trinajstić information content (AvgIpc) is 2.20. The predicted octanol–water partition coefficient (Wildman–Crippen LogP) is 3.16. The molecular formula is C12H18FNS. The van der Waals surface area contributed by atoms with E-state index in [1.807, 2.05) is 12.1 Å². The average molecular weight is 227 g/mol. The molecule has 0 radical (unpaired) electrons. The van der Waals surface area contributed by atoms with Crippen molar-refractivity contribution >= 4 is 11.8 Å². The highest BCUT2D eigenvalue weighted by atomic mass is 32.2. The third-order valence-electron chi connectivity index (χ3n) is 1.91. The third kappa shape index (κ3) is 5.80. The fraction of sp³-hybridized carbons (Fsp3) is 0.500. The summed E-state index contributed by atoms with van der Waals surface area (Å²) in [5, 5.41) is 3.37. The van der Waals surface area contributed by atoms with Crippen LogP contribution in [0, 0.1) is 11.7 Å². The normalized spacial score (nSPS) is 10.9. The summed E-state index contributed by atoms with van der Waals surface area (Å²) in [6, 6.07) is 6.65. The van der Waals surface area contributed by atoms with Crippen molar-refractivity contribution in [2.75, 3.05) is 18.8 Å². The second-order valence-corrected chi connectivity index (χ2v) is 5.07. The smallest absolute Gasteiger partial charge is 0.123 e. The summed E-state index contributed by atoms with van der Waals surface area (Å²) >= 11 is 1.75. The molecule has 0 bridgehead atoms. The Hall–Kier alpha value is -0.540. The second kappa shape index (κ2) is 6.85. The monoisotopic (exact) mass is 227 g/mol. The highest BCUT2D eigenvalue weighted by molar-refractivity contribution is 7.99. The molecular weight excluding hydrogens is 209 g/mol. The number of hydrogen-bond acceptors (Lipinski definition) is 2. The van der Waals surface area contributed by atoms with Gasteiger partial charge in [0.1, 0.15) is 5.82 Å². The van der Waals surface area contributed by atoms with E-state index in [2.05, 4.69) is 19.2 Å². The first-order valence-electron chi connectivity index (χ1n) is 5.27. The van der Waals surface area contributed by atoms with E-state index in [1.54, 1.807) is 11.8 Å². The van der Waals surface area contributed by atoms with Crippen LogP contribution in [0.2, 0.25) is 0 Å². The van der Waals surface area contributed by atoms with Crippen molar-refractivity contribution in [1.29, 1.82) is 0 Å². The van der Waals surface area contributed by atoms with Crippen molar-refractivity contribution in [3.05, 3.63) is 30.1 Å². The van der Waals surface area contributed by atoms with Gasteiger partial charge < -0.3 is 5.32 Å². The molecule has 0 unspecified atom stereocenters. The van der Waals surface area contributed by atoms with E-state index < -0.39 is 0 Å². The van der Waals surface area contributed by atoms with Gasteiger partial charge in [0.25, 0.3) is 0 Å². The van der Waals surface area contributed by atoms with Crippen molar-refractivity contribution in [3.8, 4) is 0 Å². The van der Waals surface area contributed by atoms with Gasteiger partial charge in [-0.2, -0.15) is 0 Å². The van der Waals surface area contributed by atoms with Crippen molar-refractivity contribution in [2.24, 2.45) is 5.92 Å². The van der Waals surface area contributed by atoms with Gasteiger partial charge in [0.2, 0.25) is 0 Å². The van der Waals surface area contributed by atoms with E-state index in [9.17, 15) is 4.39 Å². The van der Waals surface area contributed by atoms with Crippen LogP contribution in [0.5, 0.6) is 0 Å². The number of rotatable bonds is 6. The van der Waals surface area contributed by atoms with E-state index in [0.29, 0.717) is 5.92 Å². The lowest BCUT2D eigenvalue weighted by Gasteiger charge is -2.06. The highest BCUT2D eigenvalue weighted by Crippen LogP contribution is 2.17. The molecule has 1 N–H and O–H groups in total. The van der Waals surface area contributed by atoms with E-state index in [1.165, 1.54) is 12.1 Å². The molecule has 1 nitrogen and oxygen atoms in total. The molecule has 0 aromatic heterocycles. The maximum Gasteiger partial charge on any atom is 0.123 e. The third-order valence-corrected chi connectivity index (χ3v) is 2.93. The van der Waals surface area contributed by atoms with Gasteiger partial charge in [-0.15, -0.1) is 11.8 Å². The molecule has 1 aromatic carbocycles. The molecule has 0 heterocycles. The Morgan fingerprint density at radius 3 is 2.53 bits per heavy atom. The molecule has 0 aliphatic carbocycles. The van der Waals surface area contributed by atoms with Crippen LogP contribution in [-0.4, -0.2) is 18.8 Å². The predicted molar refractivity (Wildman–Crippen MR) is 64.8 cm³/mol. The van der Waals surface area contributed by atoms with Crippen LogP contribution < -0.4 is 5.32 Å². The minimum Gasteiger partial charge on any atom is -0.316 e. The fourth-order valence-electron chi connectivity index (χ4n) is 1.16. The molecule has 0 aliphatic rings. The summed E-state index contributed by atoms with van der Waals surface area (Å²) < 4.78 is 12.6. The molecule has 0 saturated heterocycles. The lowest BCUT2D eigenvalue weighted by atomic mass is 10.2. The minimum absolute atomic E-state index is 0.169. The van der Waals surface area contributed by atoms with Crippen LogP contribution in [0.15, 0.2) is 29.2 Å². The number of benzene rings is 1. The number of thioether (sulfide) groups is 1. The molecule has 0 atom stereocenters. The highest BCUT2D eigenvalue weighted by Gasteiger charge is 1.95. The van der Waals surface area contributed by atoms with Gasteiger partial charge in [-0.25, -0.2) is 4.39 Å². The summed E-state index contributed by atoms with van der Waals surface area (Å²) in [5.41, 5.74) is 0. The Morgan fingerprint density at radius 2 is 1.93 bits per heavy atom. The van der Waals surface area contributed by atoms with Crippen LogP contribution in [0.1, 0.15) is 13.8 Å². The van der Waals surface area contributed by atoms with Gasteiger partial charge >= 0.3 is 0 Å². The van der Waals surface area contributed by atoms with Crippen LogP contribution in [-0.2, 0) is 0 Å². The molecule has 0 amide bonds. The first-order valence-corrected chi connectivity index (χ1v) is 6.26. The first-order chi connectivity index (χ1) is 7.18. The van der Waals surface area contributed by atoms with Gasteiger partial charge in [-0.1, -0.05) is 13.8 Å². The molecule has 0 fully saturated rings. The molecule has 1 aromatic rings. The van der Waals surface area contributed by atoms with Gasteiger partial charge in [-0.05, 0) is 36.7 Å². The topological polar surface area (TPSA) is 12.0 Å². The molecule has 84 valence electrons. The summed E-state index contributed by atoms with van der Waals surface area (Å²) in [4.78, 5) is 1.13. The molecule has 0 aliphatic heterocycles. The Kier molecular flexibility index (Phi) is 5.73. The van der Waals surface area contributed by atoms with E-state index in [4.69, 9.17) is 0 Å². The SMILES string of the molecule is CC(C)CNCCSc1ccc(F)cc1. The lowest BCUT2D eigenvalue weighted by molar-refractivity contribution is 0.568. The molecule has 0 spiro atoms. The number of hydrogen-bond donors (Lipinski definition) is 1. The fourth-order valence-corrected chi connectivity index (χ4v) is 1.97. The standard InChI is InChI=1S/C12H18FNS/c1-10(2)9-14-7-8-15-12-5-3-11(13)4-6-12/h3-6,10,14H,7-9H2,1-2H3. The van der Waals surface area contributed by atoms with Gasteiger partial charge in [-0.3, -0.25) is 0 Å². The number of halogens is 1. The quantitative estimate of drug-likeness (QED) is 0.592. The van der Waals surface area contributed by atoms with Crippen LogP contribution >= 0.6 is 11.8 Å². The summed E-state index contributed by atoms with van der Waals surface area (Å²) in [6.07, 6.45) is 0. The van der Waals surface area contributed by atoms with E-state index in [-0.39, 0.29) is 5.82 Å². The van der Waals surface area contributed by atoms with Crippen LogP contribution in [0.25, 0.3) is 0 Å². The summed E-state index contributed by atoms with van der Waals surface area (Å²) in [6.45, 7) is 6.45. The van der Waals surface area contributed by atoms with Crippen molar-refractivity contribution < 1.29 is 4.39 Å². The van der Waals surface area contributed by atoms with Crippen molar-refractivity contribution in [1.82, 2.24) is 5.32 Å². The lowest BCUT2D eigenvalue weighted by Crippen LogP contribution is -2.21. The van der Waals surface area contributed by atoms with E-state index in [0.717, 1.165) is 23.7 Å². The van der Waals surface area contributed by atoms with Crippen molar-refractivity contribution in [2.45, 2.75) is 18.7 Å². The maximum atomic E-state index is 12.6. The Balaban J connectivity index is 2.12. The zero-order valence-electron chi connectivity index (χ0n) is 9.29. The van der Waals surface area contributed by atoms with Gasteiger partial charge in [0.05, 0.1) is 0 Å². The Bertz CT molecular complexity index is 271. The summed E-state index contributed by atoms with van der Waals surface area (Å²) in [5.74, 6) is 1.55. The molecule has 15 heavy (non-hydrogen) atoms. The molecule has 0 saturated carbocycles. The maximum absolute atomic E-state index is 12.6. The van der Waals surface area contributed by atoms with Crippen molar-refractivity contribution in [3.63, 3.8) is 0 Å². The first kappa shape index (κ1) is 12.5. The largest absolute Gasteiger partial charge is 0.316 e. The Labute approximate surface area is 95.5 Å².